The van der Waals surface area contributed by atoms with E-state index in [4.69, 9.17) is 16.3 Å². The maximum Gasteiger partial charge on any atom is 0.259 e. The van der Waals surface area contributed by atoms with Crippen molar-refractivity contribution in [1.29, 1.82) is 0 Å². The average molecular weight is 296 g/mol. The summed E-state index contributed by atoms with van der Waals surface area (Å²) in [6, 6.07) is 9.21. The number of amides is 2. The number of hydrogen-bond acceptors (Lipinski definition) is 3. The highest BCUT2D eigenvalue weighted by Crippen LogP contribution is 2.20. The first-order valence-electron chi connectivity index (χ1n) is 6.36. The normalized spacial score (nSPS) is 11.2. The summed E-state index contributed by atoms with van der Waals surface area (Å²) in [5.41, 5.74) is 1.29. The summed E-state index contributed by atoms with van der Waals surface area (Å²) >= 11 is 5.60. The Morgan fingerprint density at radius 2 is 1.90 bits per heavy atom. The van der Waals surface area contributed by atoms with E-state index in [2.05, 4.69) is 0 Å². The molecular weight excluding hydrogens is 278 g/mol. The molecule has 0 saturated carbocycles. The zero-order valence-electron chi connectivity index (χ0n) is 11.6. The lowest BCUT2D eigenvalue weighted by Gasteiger charge is -2.23. The second kappa shape index (κ2) is 8.51. The number of alkyl halides is 1. The number of ether oxygens (including phenoxy) is 1. The van der Waals surface area contributed by atoms with Gasteiger partial charge in [0.2, 0.25) is 5.91 Å². The minimum Gasteiger partial charge on any atom is -0.372 e. The van der Waals surface area contributed by atoms with Crippen LogP contribution in [0.5, 0.6) is 0 Å². The average Bonchev–Trinajstić information content (AvgIpc) is 2.50. The smallest absolute Gasteiger partial charge is 0.259 e. The Hall–Kier alpha value is -1.65. The van der Waals surface area contributed by atoms with E-state index in [1.807, 2.05) is 30.3 Å². The fourth-order valence-corrected chi connectivity index (χ4v) is 1.87. The van der Waals surface area contributed by atoms with Gasteiger partial charge in [0, 0.05) is 6.61 Å². The molecule has 0 fully saturated rings. The summed E-state index contributed by atoms with van der Waals surface area (Å²) in [6.45, 7) is 3.81. The van der Waals surface area contributed by atoms with Crippen LogP contribution < -0.4 is 0 Å². The molecule has 2 amide bonds. The lowest BCUT2D eigenvalue weighted by atomic mass is 10.1. The fraction of sp³-hybridized carbons (Fsp3) is 0.333. The molecule has 0 N–H and O–H groups in total. The van der Waals surface area contributed by atoms with Crippen molar-refractivity contribution >= 4 is 29.1 Å². The van der Waals surface area contributed by atoms with Gasteiger partial charge in [-0.25, -0.2) is 4.90 Å². The van der Waals surface area contributed by atoms with E-state index in [-0.39, 0.29) is 12.5 Å². The van der Waals surface area contributed by atoms with Crippen LogP contribution >= 0.6 is 11.6 Å². The second-order valence-corrected chi connectivity index (χ2v) is 4.20. The van der Waals surface area contributed by atoms with Crippen LogP contribution in [0.15, 0.2) is 36.4 Å². The summed E-state index contributed by atoms with van der Waals surface area (Å²) in [6.07, 6.45) is 1.71. The third-order valence-electron chi connectivity index (χ3n) is 2.63. The van der Waals surface area contributed by atoms with E-state index >= 15 is 0 Å². The molecule has 0 aliphatic rings. The molecule has 0 saturated heterocycles. The first kappa shape index (κ1) is 16.4. The van der Waals surface area contributed by atoms with Gasteiger partial charge in [-0.05, 0) is 19.4 Å². The van der Waals surface area contributed by atoms with Crippen LogP contribution in [-0.2, 0) is 14.3 Å². The van der Waals surface area contributed by atoms with Crippen LogP contribution in [0.2, 0.25) is 0 Å². The van der Waals surface area contributed by atoms with Gasteiger partial charge in [-0.1, -0.05) is 36.4 Å². The van der Waals surface area contributed by atoms with E-state index in [0.29, 0.717) is 12.3 Å². The van der Waals surface area contributed by atoms with Gasteiger partial charge in [0.25, 0.3) is 5.91 Å². The van der Waals surface area contributed by atoms with E-state index in [1.54, 1.807) is 19.9 Å². The molecule has 0 spiro atoms. The fourth-order valence-electron chi connectivity index (χ4n) is 1.76. The molecule has 0 atom stereocenters. The molecule has 5 heteroatoms. The lowest BCUT2D eigenvalue weighted by Crippen LogP contribution is -2.38. The number of benzene rings is 1. The molecule has 0 aromatic heterocycles. The van der Waals surface area contributed by atoms with E-state index < -0.39 is 11.8 Å². The Kier molecular flexibility index (Phi) is 6.98. The van der Waals surface area contributed by atoms with Crippen molar-refractivity contribution in [1.82, 2.24) is 4.90 Å². The summed E-state index contributed by atoms with van der Waals surface area (Å²) in [5, 5.41) is 0. The summed E-state index contributed by atoms with van der Waals surface area (Å²) < 4.78 is 5.09. The van der Waals surface area contributed by atoms with Crippen molar-refractivity contribution in [3.8, 4) is 0 Å². The molecule has 0 bridgehead atoms. The topological polar surface area (TPSA) is 46.6 Å². The van der Waals surface area contributed by atoms with Gasteiger partial charge in [0.1, 0.15) is 12.5 Å². The molecule has 0 heterocycles. The molecule has 20 heavy (non-hydrogen) atoms. The molecule has 108 valence electrons. The third-order valence-corrected chi connectivity index (χ3v) is 2.86. The van der Waals surface area contributed by atoms with Gasteiger partial charge in [-0.2, -0.15) is 0 Å². The van der Waals surface area contributed by atoms with Gasteiger partial charge >= 0.3 is 0 Å². The Balaban J connectivity index is 3.09. The first-order chi connectivity index (χ1) is 9.65. The number of nitrogens with zero attached hydrogens (tertiary/aromatic N) is 1. The second-order valence-electron chi connectivity index (χ2n) is 3.93. The van der Waals surface area contributed by atoms with Gasteiger partial charge < -0.3 is 4.74 Å². The quantitative estimate of drug-likeness (QED) is 0.758. The number of hydrogen-bond donors (Lipinski definition) is 0. The number of allylic oxidation sites excluding steroid dienone is 1. The van der Waals surface area contributed by atoms with Crippen molar-refractivity contribution in [3.05, 3.63) is 42.0 Å². The summed E-state index contributed by atoms with van der Waals surface area (Å²) in [4.78, 5) is 25.2. The highest BCUT2D eigenvalue weighted by Gasteiger charge is 2.25. The van der Waals surface area contributed by atoms with Crippen molar-refractivity contribution in [2.45, 2.75) is 13.8 Å². The SMILES string of the molecule is CC=C(c1ccccc1)N(C(=O)CCl)C(=O)COCC. The van der Waals surface area contributed by atoms with E-state index in [9.17, 15) is 9.59 Å². The summed E-state index contributed by atoms with van der Waals surface area (Å²) in [5.74, 6) is -1.15. The maximum absolute atomic E-state index is 12.2. The van der Waals surface area contributed by atoms with Crippen LogP contribution in [-0.4, -0.2) is 35.8 Å². The maximum atomic E-state index is 12.2. The Morgan fingerprint density at radius 1 is 1.25 bits per heavy atom. The van der Waals surface area contributed by atoms with Gasteiger partial charge in [-0.3, -0.25) is 9.59 Å². The van der Waals surface area contributed by atoms with Crippen molar-refractivity contribution in [3.63, 3.8) is 0 Å². The zero-order chi connectivity index (χ0) is 15.0. The Labute approximate surface area is 124 Å². The Bertz CT molecular complexity index is 485. The number of rotatable bonds is 6. The zero-order valence-corrected chi connectivity index (χ0v) is 12.4. The number of carbonyl (C=O) groups is 2. The van der Waals surface area contributed by atoms with Crippen LogP contribution in [0.4, 0.5) is 0 Å². The number of imide groups is 1. The van der Waals surface area contributed by atoms with Gasteiger partial charge in [-0.15, -0.1) is 11.6 Å². The van der Waals surface area contributed by atoms with Crippen LogP contribution in [0.3, 0.4) is 0 Å². The van der Waals surface area contributed by atoms with Gasteiger partial charge in [0.05, 0.1) is 5.70 Å². The molecule has 4 nitrogen and oxygen atoms in total. The molecule has 0 aliphatic heterocycles. The Morgan fingerprint density at radius 3 is 2.40 bits per heavy atom. The molecule has 0 unspecified atom stereocenters. The van der Waals surface area contributed by atoms with Crippen molar-refractivity contribution in [2.75, 3.05) is 19.1 Å². The molecule has 0 aliphatic carbocycles. The minimum absolute atomic E-state index is 0.150. The standard InChI is InChI=1S/C15H18ClNO3/c1-3-13(12-8-6-5-7-9-12)17(14(18)10-16)15(19)11-20-4-2/h3,5-9H,4,10-11H2,1-2H3. The van der Waals surface area contributed by atoms with Crippen LogP contribution in [0, 0.1) is 0 Å². The van der Waals surface area contributed by atoms with Gasteiger partial charge in [0.15, 0.2) is 0 Å². The summed E-state index contributed by atoms with van der Waals surface area (Å²) in [7, 11) is 0. The molecule has 1 aromatic carbocycles. The van der Waals surface area contributed by atoms with Crippen molar-refractivity contribution in [2.24, 2.45) is 0 Å². The largest absolute Gasteiger partial charge is 0.372 e. The van der Waals surface area contributed by atoms with Crippen LogP contribution in [0.1, 0.15) is 19.4 Å². The molecule has 1 rings (SSSR count). The van der Waals surface area contributed by atoms with E-state index in [1.165, 1.54) is 0 Å². The predicted octanol–water partition coefficient (Wildman–Crippen LogP) is 2.68. The lowest BCUT2D eigenvalue weighted by molar-refractivity contribution is -0.142. The first-order valence-corrected chi connectivity index (χ1v) is 6.90. The highest BCUT2D eigenvalue weighted by atomic mass is 35.5. The molecule has 1 aromatic rings. The van der Waals surface area contributed by atoms with Crippen LogP contribution in [0.25, 0.3) is 5.70 Å². The minimum atomic E-state index is -0.465. The monoisotopic (exact) mass is 295 g/mol. The number of carbonyl (C=O) groups excluding carboxylic acids is 2. The molecular formula is C15H18ClNO3. The predicted molar refractivity (Wildman–Crippen MR) is 79.2 cm³/mol. The van der Waals surface area contributed by atoms with E-state index in [0.717, 1.165) is 10.5 Å². The molecule has 0 radical (unpaired) electrons. The van der Waals surface area contributed by atoms with Crippen molar-refractivity contribution < 1.29 is 14.3 Å². The number of halogens is 1. The highest BCUT2D eigenvalue weighted by molar-refractivity contribution is 6.29. The third kappa shape index (κ3) is 4.18.